The third kappa shape index (κ3) is 5.50. The topological polar surface area (TPSA) is 47.6 Å². The minimum Gasteiger partial charge on any atom is -0.497 e. The molecule has 3 aromatic rings. The summed E-state index contributed by atoms with van der Waals surface area (Å²) in [6.07, 6.45) is 0.255. The van der Waals surface area contributed by atoms with Crippen molar-refractivity contribution in [1.29, 1.82) is 0 Å². The molecule has 4 heteroatoms. The molecule has 0 saturated heterocycles. The van der Waals surface area contributed by atoms with Crippen molar-refractivity contribution in [3.8, 4) is 11.5 Å². The van der Waals surface area contributed by atoms with Gasteiger partial charge in [-0.25, -0.2) is 0 Å². The summed E-state index contributed by atoms with van der Waals surface area (Å²) in [4.78, 5) is 12.8. The van der Waals surface area contributed by atoms with Crippen LogP contribution in [0.25, 0.3) is 10.8 Å². The lowest BCUT2D eigenvalue weighted by molar-refractivity contribution is -0.128. The Labute approximate surface area is 172 Å². The summed E-state index contributed by atoms with van der Waals surface area (Å²) in [5.41, 5.74) is 1.06. The zero-order valence-corrected chi connectivity index (χ0v) is 17.5. The first-order chi connectivity index (χ1) is 14.0. The van der Waals surface area contributed by atoms with E-state index in [1.807, 2.05) is 60.7 Å². The van der Waals surface area contributed by atoms with Gasteiger partial charge in [-0.15, -0.1) is 0 Å². The van der Waals surface area contributed by atoms with Crippen LogP contribution in [0, 0.1) is 5.92 Å². The summed E-state index contributed by atoms with van der Waals surface area (Å²) >= 11 is 0. The first-order valence-corrected chi connectivity index (χ1v) is 10.1. The van der Waals surface area contributed by atoms with Gasteiger partial charge in [0.25, 0.3) is 5.91 Å². The van der Waals surface area contributed by atoms with Crippen LogP contribution in [0.3, 0.4) is 0 Å². The molecule has 0 aliphatic rings. The molecule has 0 unspecified atom stereocenters. The van der Waals surface area contributed by atoms with Crippen molar-refractivity contribution in [3.63, 3.8) is 0 Å². The van der Waals surface area contributed by atoms with E-state index >= 15 is 0 Å². The number of carbonyl (C=O) groups is 1. The van der Waals surface area contributed by atoms with Gasteiger partial charge in [-0.3, -0.25) is 4.79 Å². The number of hydrogen-bond acceptors (Lipinski definition) is 3. The van der Waals surface area contributed by atoms with E-state index in [2.05, 4.69) is 25.2 Å². The Bertz CT molecular complexity index is 950. The SMILES string of the molecule is COc1ccc([C@@H](CC(C)C)NC(=O)[C@@H](C)Oc2ccc3ccccc3c2)cc1. The highest BCUT2D eigenvalue weighted by Crippen LogP contribution is 2.25. The van der Waals surface area contributed by atoms with E-state index in [1.165, 1.54) is 0 Å². The van der Waals surface area contributed by atoms with Crippen LogP contribution in [0.5, 0.6) is 11.5 Å². The highest BCUT2D eigenvalue weighted by molar-refractivity contribution is 5.84. The van der Waals surface area contributed by atoms with Crippen LogP contribution in [0.4, 0.5) is 0 Å². The van der Waals surface area contributed by atoms with Gasteiger partial charge in [-0.1, -0.05) is 56.3 Å². The van der Waals surface area contributed by atoms with Gasteiger partial charge in [0, 0.05) is 0 Å². The van der Waals surface area contributed by atoms with Gasteiger partial charge in [-0.2, -0.15) is 0 Å². The van der Waals surface area contributed by atoms with Gasteiger partial charge in [0.05, 0.1) is 13.2 Å². The van der Waals surface area contributed by atoms with E-state index in [0.29, 0.717) is 11.7 Å². The maximum absolute atomic E-state index is 12.8. The average molecular weight is 392 g/mol. The van der Waals surface area contributed by atoms with Crippen molar-refractivity contribution < 1.29 is 14.3 Å². The lowest BCUT2D eigenvalue weighted by Gasteiger charge is -2.24. The Kier molecular flexibility index (Phi) is 6.76. The molecule has 3 aromatic carbocycles. The highest BCUT2D eigenvalue weighted by atomic mass is 16.5. The second-order valence-electron chi connectivity index (χ2n) is 7.73. The molecule has 0 saturated carbocycles. The number of amides is 1. The molecule has 152 valence electrons. The molecule has 29 heavy (non-hydrogen) atoms. The van der Waals surface area contributed by atoms with Crippen molar-refractivity contribution in [2.45, 2.75) is 39.3 Å². The summed E-state index contributed by atoms with van der Waals surface area (Å²) in [5, 5.41) is 5.39. The molecular formula is C25H29NO3. The first-order valence-electron chi connectivity index (χ1n) is 10.1. The first kappa shape index (κ1) is 20.7. The largest absolute Gasteiger partial charge is 0.497 e. The number of hydrogen-bond donors (Lipinski definition) is 1. The quantitative estimate of drug-likeness (QED) is 0.550. The van der Waals surface area contributed by atoms with E-state index < -0.39 is 6.10 Å². The fourth-order valence-corrected chi connectivity index (χ4v) is 3.37. The van der Waals surface area contributed by atoms with E-state index in [4.69, 9.17) is 9.47 Å². The van der Waals surface area contributed by atoms with Crippen LogP contribution in [0.2, 0.25) is 0 Å². The van der Waals surface area contributed by atoms with Gasteiger partial charge in [0.15, 0.2) is 6.10 Å². The zero-order chi connectivity index (χ0) is 20.8. The fraction of sp³-hybridized carbons (Fsp3) is 0.320. The molecule has 4 nitrogen and oxygen atoms in total. The predicted molar refractivity (Wildman–Crippen MR) is 117 cm³/mol. The molecule has 1 amide bonds. The standard InChI is InChI=1S/C25H29NO3/c1-17(2)15-24(20-10-12-22(28-4)13-11-20)26-25(27)18(3)29-23-14-9-19-7-5-6-8-21(19)16-23/h5-14,16-18,24H,15H2,1-4H3,(H,26,27)/t18-,24-/m1/s1. The smallest absolute Gasteiger partial charge is 0.261 e. The predicted octanol–water partition coefficient (Wildman–Crippen LogP) is 5.52. The molecule has 0 aliphatic heterocycles. The van der Waals surface area contributed by atoms with E-state index in [9.17, 15) is 4.79 Å². The Morgan fingerprint density at radius 3 is 2.21 bits per heavy atom. The lowest BCUT2D eigenvalue weighted by atomic mass is 9.96. The molecule has 0 aromatic heterocycles. The highest BCUT2D eigenvalue weighted by Gasteiger charge is 2.21. The minimum absolute atomic E-state index is 0.0731. The van der Waals surface area contributed by atoms with Gasteiger partial charge >= 0.3 is 0 Å². The normalized spacial score (nSPS) is 13.1. The second-order valence-corrected chi connectivity index (χ2v) is 7.73. The van der Waals surface area contributed by atoms with E-state index in [0.717, 1.165) is 28.5 Å². The number of nitrogens with one attached hydrogen (secondary N) is 1. The third-order valence-corrected chi connectivity index (χ3v) is 4.94. The summed E-state index contributed by atoms with van der Waals surface area (Å²) in [6, 6.07) is 21.7. The van der Waals surface area contributed by atoms with Crippen molar-refractivity contribution in [2.75, 3.05) is 7.11 Å². The number of carbonyl (C=O) groups excluding carboxylic acids is 1. The molecule has 0 bridgehead atoms. The summed E-state index contributed by atoms with van der Waals surface area (Å²) < 4.78 is 11.2. The second kappa shape index (κ2) is 9.46. The summed E-state index contributed by atoms with van der Waals surface area (Å²) in [5.74, 6) is 1.81. The number of rotatable bonds is 8. The van der Waals surface area contributed by atoms with Gasteiger partial charge in [0.2, 0.25) is 0 Å². The van der Waals surface area contributed by atoms with Crippen LogP contribution < -0.4 is 14.8 Å². The van der Waals surface area contributed by atoms with E-state index in [1.54, 1.807) is 14.0 Å². The maximum atomic E-state index is 12.8. The molecule has 0 fully saturated rings. The van der Waals surface area contributed by atoms with Crippen LogP contribution in [0.1, 0.15) is 38.8 Å². The average Bonchev–Trinajstić information content (AvgIpc) is 2.73. The molecule has 0 radical (unpaired) electrons. The molecule has 0 spiro atoms. The Balaban J connectivity index is 1.69. The Morgan fingerprint density at radius 2 is 1.55 bits per heavy atom. The van der Waals surface area contributed by atoms with Gasteiger partial charge in [-0.05, 0) is 59.9 Å². The van der Waals surface area contributed by atoms with E-state index in [-0.39, 0.29) is 11.9 Å². The number of benzene rings is 3. The molecule has 0 heterocycles. The number of fused-ring (bicyclic) bond motifs is 1. The molecular weight excluding hydrogens is 362 g/mol. The summed E-state index contributed by atoms with van der Waals surface area (Å²) in [7, 11) is 1.65. The van der Waals surface area contributed by atoms with Crippen LogP contribution in [-0.4, -0.2) is 19.1 Å². The van der Waals surface area contributed by atoms with Crippen LogP contribution >= 0.6 is 0 Å². The summed E-state index contributed by atoms with van der Waals surface area (Å²) in [6.45, 7) is 6.08. The molecule has 2 atom stereocenters. The van der Waals surface area contributed by atoms with Crippen molar-refractivity contribution in [1.82, 2.24) is 5.32 Å². The monoisotopic (exact) mass is 391 g/mol. The third-order valence-electron chi connectivity index (χ3n) is 4.94. The lowest BCUT2D eigenvalue weighted by Crippen LogP contribution is -2.39. The minimum atomic E-state index is -0.593. The van der Waals surface area contributed by atoms with Gasteiger partial charge < -0.3 is 14.8 Å². The number of ether oxygens (including phenoxy) is 2. The van der Waals surface area contributed by atoms with Crippen LogP contribution in [0.15, 0.2) is 66.7 Å². The van der Waals surface area contributed by atoms with Crippen molar-refractivity contribution >= 4 is 16.7 Å². The van der Waals surface area contributed by atoms with Gasteiger partial charge in [0.1, 0.15) is 11.5 Å². The Morgan fingerprint density at radius 1 is 0.897 bits per heavy atom. The molecule has 3 rings (SSSR count). The molecule has 0 aliphatic carbocycles. The van der Waals surface area contributed by atoms with Crippen LogP contribution in [-0.2, 0) is 4.79 Å². The maximum Gasteiger partial charge on any atom is 0.261 e. The fourth-order valence-electron chi connectivity index (χ4n) is 3.37. The Hall–Kier alpha value is -3.01. The molecule has 1 N–H and O–H groups in total. The van der Waals surface area contributed by atoms with Crippen molar-refractivity contribution in [2.24, 2.45) is 5.92 Å². The number of methoxy groups -OCH3 is 1. The van der Waals surface area contributed by atoms with Crippen molar-refractivity contribution in [3.05, 3.63) is 72.3 Å². The zero-order valence-electron chi connectivity index (χ0n) is 17.5.